The van der Waals surface area contributed by atoms with Gasteiger partial charge in [0.25, 0.3) is 0 Å². The van der Waals surface area contributed by atoms with Crippen LogP contribution in [0.2, 0.25) is 5.02 Å². The molecule has 0 aromatic carbocycles. The minimum Gasteiger partial charge on any atom is -0.748 e. The molecule has 106 valence electrons. The molecule has 0 amide bonds. The zero-order valence-corrected chi connectivity index (χ0v) is 12.2. The lowest BCUT2D eigenvalue weighted by Crippen LogP contribution is -2.40. The van der Waals surface area contributed by atoms with Crippen molar-refractivity contribution in [1.29, 1.82) is 0 Å². The van der Waals surface area contributed by atoms with Crippen LogP contribution in [0.3, 0.4) is 0 Å². The van der Waals surface area contributed by atoms with Crippen molar-refractivity contribution in [2.75, 3.05) is 5.75 Å². The number of hydrogen-bond acceptors (Lipinski definition) is 5. The summed E-state index contributed by atoms with van der Waals surface area (Å²) in [7, 11) is -4.24. The zero-order valence-electron chi connectivity index (χ0n) is 10.7. The highest BCUT2D eigenvalue weighted by atomic mass is 35.5. The molecule has 2 aromatic rings. The molecule has 2 rings (SSSR count). The molecule has 2 aromatic heterocycles. The largest absolute Gasteiger partial charge is 0.748 e. The number of rotatable bonds is 4. The summed E-state index contributed by atoms with van der Waals surface area (Å²) in [5.74, 6) is -0.493. The van der Waals surface area contributed by atoms with Crippen molar-refractivity contribution in [1.82, 2.24) is 10.1 Å². The molecule has 0 aliphatic carbocycles. The van der Waals surface area contributed by atoms with Gasteiger partial charge in [0.2, 0.25) is 0 Å². The summed E-state index contributed by atoms with van der Waals surface area (Å²) in [6.45, 7) is 1.91. The Hall–Kier alpha value is -1.57. The molecule has 0 unspecified atom stereocenters. The van der Waals surface area contributed by atoms with Gasteiger partial charge < -0.3 is 4.55 Å². The summed E-state index contributed by atoms with van der Waals surface area (Å²) in [6.07, 6.45) is 4.81. The third-order valence-electron chi connectivity index (χ3n) is 2.59. The van der Waals surface area contributed by atoms with Gasteiger partial charge >= 0.3 is 0 Å². The first-order chi connectivity index (χ1) is 9.35. The van der Waals surface area contributed by atoms with E-state index in [0.717, 1.165) is 11.1 Å². The molecule has 0 radical (unpaired) electrons. The van der Waals surface area contributed by atoms with Crippen molar-refractivity contribution in [3.05, 3.63) is 41.3 Å². The third kappa shape index (κ3) is 3.96. The van der Waals surface area contributed by atoms with E-state index in [0.29, 0.717) is 10.7 Å². The number of nitrogens with zero attached hydrogens (tertiary/aromatic N) is 3. The summed E-state index contributed by atoms with van der Waals surface area (Å²) >= 11 is 6.11. The van der Waals surface area contributed by atoms with Crippen LogP contribution in [0.1, 0.15) is 5.56 Å². The lowest BCUT2D eigenvalue weighted by atomic mass is 10.2. The van der Waals surface area contributed by atoms with Gasteiger partial charge in [-0.1, -0.05) is 16.3 Å². The van der Waals surface area contributed by atoms with Crippen LogP contribution >= 0.6 is 11.6 Å². The minimum atomic E-state index is -4.24. The Morgan fingerprint density at radius 3 is 2.70 bits per heavy atom. The molecular formula is C12H12ClN3O3S. The topological polar surface area (TPSA) is 86.9 Å². The van der Waals surface area contributed by atoms with Gasteiger partial charge in [-0.25, -0.2) is 8.42 Å². The average Bonchev–Trinajstić information content (AvgIpc) is 2.36. The van der Waals surface area contributed by atoms with Gasteiger partial charge in [0.1, 0.15) is 16.3 Å². The molecule has 6 nitrogen and oxygen atoms in total. The van der Waals surface area contributed by atoms with E-state index >= 15 is 0 Å². The minimum absolute atomic E-state index is 0.0151. The Bertz CT molecular complexity index is 717. The van der Waals surface area contributed by atoms with Crippen molar-refractivity contribution in [3.8, 4) is 11.3 Å². The second-order valence-electron chi connectivity index (χ2n) is 4.28. The summed E-state index contributed by atoms with van der Waals surface area (Å²) < 4.78 is 33.0. The van der Waals surface area contributed by atoms with Crippen LogP contribution in [0.25, 0.3) is 11.3 Å². The quantitative estimate of drug-likeness (QED) is 0.619. The molecule has 8 heteroatoms. The molecule has 0 N–H and O–H groups in total. The fourth-order valence-electron chi connectivity index (χ4n) is 1.61. The maximum absolute atomic E-state index is 10.5. The maximum Gasteiger partial charge on any atom is 0.197 e. The van der Waals surface area contributed by atoms with Crippen LogP contribution in [-0.4, -0.2) is 28.8 Å². The van der Waals surface area contributed by atoms with Crippen LogP contribution in [0.15, 0.2) is 30.7 Å². The van der Waals surface area contributed by atoms with Crippen LogP contribution in [0.5, 0.6) is 0 Å². The molecule has 0 aliphatic heterocycles. The lowest BCUT2D eigenvalue weighted by molar-refractivity contribution is -0.750. The van der Waals surface area contributed by atoms with Crippen LogP contribution in [0.4, 0.5) is 0 Å². The van der Waals surface area contributed by atoms with Crippen LogP contribution < -0.4 is 4.68 Å². The van der Waals surface area contributed by atoms with Gasteiger partial charge in [-0.15, -0.1) is 0 Å². The Morgan fingerprint density at radius 2 is 2.15 bits per heavy atom. The number of pyridine rings is 1. The number of aryl methyl sites for hydroxylation is 2. The molecule has 0 fully saturated rings. The molecule has 0 atom stereocenters. The van der Waals surface area contributed by atoms with E-state index in [4.69, 9.17) is 11.6 Å². The Morgan fingerprint density at radius 1 is 1.40 bits per heavy atom. The second kappa shape index (κ2) is 5.82. The highest BCUT2D eigenvalue weighted by molar-refractivity contribution is 7.85. The number of aromatic nitrogens is 3. The smallest absolute Gasteiger partial charge is 0.197 e. The lowest BCUT2D eigenvalue weighted by Gasteiger charge is -2.04. The van der Waals surface area contributed by atoms with Crippen molar-refractivity contribution >= 4 is 21.7 Å². The molecule has 20 heavy (non-hydrogen) atoms. The van der Waals surface area contributed by atoms with Crippen molar-refractivity contribution in [3.63, 3.8) is 0 Å². The molecule has 0 saturated carbocycles. The number of halogens is 1. The fourth-order valence-corrected chi connectivity index (χ4v) is 2.35. The van der Waals surface area contributed by atoms with E-state index in [1.807, 2.05) is 6.92 Å². The molecular weight excluding hydrogens is 302 g/mol. The van der Waals surface area contributed by atoms with E-state index in [2.05, 4.69) is 10.1 Å². The second-order valence-corrected chi connectivity index (χ2v) is 6.21. The van der Waals surface area contributed by atoms with Gasteiger partial charge in [0.15, 0.2) is 12.7 Å². The van der Waals surface area contributed by atoms with E-state index < -0.39 is 15.9 Å². The van der Waals surface area contributed by atoms with Gasteiger partial charge in [-0.2, -0.15) is 0 Å². The Kier molecular flexibility index (Phi) is 4.32. The first-order valence-electron chi connectivity index (χ1n) is 5.77. The number of hydrogen-bond donors (Lipinski definition) is 0. The molecule has 0 spiro atoms. The molecule has 0 aliphatic rings. The van der Waals surface area contributed by atoms with Crippen molar-refractivity contribution in [2.45, 2.75) is 13.5 Å². The monoisotopic (exact) mass is 313 g/mol. The summed E-state index contributed by atoms with van der Waals surface area (Å²) in [5, 5.41) is 4.56. The predicted octanol–water partition coefficient (Wildman–Crippen LogP) is 0.938. The van der Waals surface area contributed by atoms with Crippen molar-refractivity contribution in [2.24, 2.45) is 0 Å². The summed E-state index contributed by atoms with van der Waals surface area (Å²) in [6, 6.07) is 3.52. The van der Waals surface area contributed by atoms with E-state index in [1.54, 1.807) is 24.5 Å². The van der Waals surface area contributed by atoms with E-state index in [-0.39, 0.29) is 6.54 Å². The normalized spacial score (nSPS) is 11.6. The summed E-state index contributed by atoms with van der Waals surface area (Å²) in [4.78, 5) is 4.24. The van der Waals surface area contributed by atoms with Gasteiger partial charge in [0, 0.05) is 17.8 Å². The van der Waals surface area contributed by atoms with Crippen molar-refractivity contribution < 1.29 is 17.7 Å². The summed E-state index contributed by atoms with van der Waals surface area (Å²) in [5.41, 5.74) is 2.28. The molecule has 0 saturated heterocycles. The van der Waals surface area contributed by atoms with Gasteiger partial charge in [0.05, 0.1) is 16.5 Å². The predicted molar refractivity (Wildman–Crippen MR) is 72.0 cm³/mol. The highest BCUT2D eigenvalue weighted by Crippen LogP contribution is 2.24. The molecule has 0 bridgehead atoms. The Balaban J connectivity index is 2.19. The van der Waals surface area contributed by atoms with Gasteiger partial charge in [-0.05, 0) is 23.7 Å². The van der Waals surface area contributed by atoms with Gasteiger partial charge in [-0.3, -0.25) is 4.98 Å². The SMILES string of the molecule is Cc1cnc(-c2cc[n+](CCS(=O)(=O)[O-])nc2)c(Cl)c1. The average molecular weight is 314 g/mol. The van der Waals surface area contributed by atoms with Crippen LogP contribution in [0, 0.1) is 6.92 Å². The standard InChI is InChI=1S/C12H12ClN3O3S/c1-9-6-11(13)12(14-7-9)10-2-3-16(15-8-10)4-5-20(17,18)19/h2-3,6-8H,4-5H2,1H3. The Labute approximate surface area is 121 Å². The fraction of sp³-hybridized carbons (Fsp3) is 0.250. The molecule has 2 heterocycles. The van der Waals surface area contributed by atoms with Crippen LogP contribution in [-0.2, 0) is 16.7 Å². The van der Waals surface area contributed by atoms with E-state index in [9.17, 15) is 13.0 Å². The first-order valence-corrected chi connectivity index (χ1v) is 7.72. The van der Waals surface area contributed by atoms with E-state index in [1.165, 1.54) is 10.9 Å². The highest BCUT2D eigenvalue weighted by Gasteiger charge is 2.10. The first kappa shape index (κ1) is 14.8. The maximum atomic E-state index is 10.5. The third-order valence-corrected chi connectivity index (χ3v) is 3.56. The zero-order chi connectivity index (χ0) is 14.8.